The van der Waals surface area contributed by atoms with Gasteiger partial charge < -0.3 is 5.73 Å². The molecule has 2 nitrogen and oxygen atoms in total. The molecule has 0 saturated heterocycles. The molecular weight excluding hydrogens is 274 g/mol. The number of carbonyl (C=O) groups is 1. The maximum Gasteiger partial charge on any atom is 0.145 e. The standard InChI is InChI=1S/C11H16BrNOS/c1-3-11(2,7-13)10(14)6-9-8(12)4-5-15-9/h4-5H,3,6-7,13H2,1-2H3. The van der Waals surface area contributed by atoms with Crippen molar-refractivity contribution < 1.29 is 4.79 Å². The molecule has 4 heteroatoms. The molecular formula is C11H16BrNOS. The van der Waals surface area contributed by atoms with E-state index in [0.717, 1.165) is 15.8 Å². The molecule has 15 heavy (non-hydrogen) atoms. The van der Waals surface area contributed by atoms with E-state index in [9.17, 15) is 4.79 Å². The Morgan fingerprint density at radius 1 is 1.67 bits per heavy atom. The van der Waals surface area contributed by atoms with Crippen LogP contribution in [0, 0.1) is 5.41 Å². The van der Waals surface area contributed by atoms with Crippen molar-refractivity contribution in [3.63, 3.8) is 0 Å². The zero-order chi connectivity index (χ0) is 11.5. The van der Waals surface area contributed by atoms with Gasteiger partial charge in [-0.15, -0.1) is 11.3 Å². The number of ketones is 1. The van der Waals surface area contributed by atoms with E-state index in [1.54, 1.807) is 11.3 Å². The van der Waals surface area contributed by atoms with Crippen molar-refractivity contribution in [1.29, 1.82) is 0 Å². The van der Waals surface area contributed by atoms with Crippen LogP contribution in [0.25, 0.3) is 0 Å². The average Bonchev–Trinajstić information content (AvgIpc) is 2.63. The van der Waals surface area contributed by atoms with Gasteiger partial charge in [0, 0.05) is 27.7 Å². The topological polar surface area (TPSA) is 43.1 Å². The van der Waals surface area contributed by atoms with Crippen LogP contribution in [0.2, 0.25) is 0 Å². The minimum Gasteiger partial charge on any atom is -0.329 e. The molecule has 2 N–H and O–H groups in total. The van der Waals surface area contributed by atoms with E-state index in [0.29, 0.717) is 13.0 Å². The predicted molar refractivity (Wildman–Crippen MR) is 68.2 cm³/mol. The molecule has 1 unspecified atom stereocenters. The van der Waals surface area contributed by atoms with Crippen molar-refractivity contribution >= 4 is 33.0 Å². The van der Waals surface area contributed by atoms with Crippen LogP contribution in [-0.4, -0.2) is 12.3 Å². The summed E-state index contributed by atoms with van der Waals surface area (Å²) in [6.07, 6.45) is 1.28. The lowest BCUT2D eigenvalue weighted by atomic mass is 9.81. The minimum atomic E-state index is -0.372. The summed E-state index contributed by atoms with van der Waals surface area (Å²) in [7, 11) is 0. The van der Waals surface area contributed by atoms with Crippen LogP contribution in [0.1, 0.15) is 25.1 Å². The third kappa shape index (κ3) is 2.89. The molecule has 0 aromatic carbocycles. The maximum absolute atomic E-state index is 12.1. The Labute approximate surface area is 103 Å². The van der Waals surface area contributed by atoms with Crippen LogP contribution in [-0.2, 0) is 11.2 Å². The molecule has 1 aromatic heterocycles. The highest BCUT2D eigenvalue weighted by molar-refractivity contribution is 9.10. The summed E-state index contributed by atoms with van der Waals surface area (Å²) in [5, 5.41) is 1.98. The van der Waals surface area contributed by atoms with Crippen LogP contribution in [0.3, 0.4) is 0 Å². The van der Waals surface area contributed by atoms with Crippen molar-refractivity contribution in [2.45, 2.75) is 26.7 Å². The number of halogens is 1. The Morgan fingerprint density at radius 3 is 2.73 bits per heavy atom. The van der Waals surface area contributed by atoms with Gasteiger partial charge in [0.25, 0.3) is 0 Å². The lowest BCUT2D eigenvalue weighted by Gasteiger charge is -2.24. The van der Waals surface area contributed by atoms with Gasteiger partial charge in [-0.05, 0) is 33.8 Å². The summed E-state index contributed by atoms with van der Waals surface area (Å²) >= 11 is 5.04. The Morgan fingerprint density at radius 2 is 2.33 bits per heavy atom. The first-order valence-electron chi connectivity index (χ1n) is 4.98. The largest absolute Gasteiger partial charge is 0.329 e. The van der Waals surface area contributed by atoms with Crippen LogP contribution in [0.5, 0.6) is 0 Å². The van der Waals surface area contributed by atoms with Crippen molar-refractivity contribution in [1.82, 2.24) is 0 Å². The summed E-state index contributed by atoms with van der Waals surface area (Å²) < 4.78 is 1.02. The first-order chi connectivity index (χ1) is 7.03. The second-order valence-corrected chi connectivity index (χ2v) is 5.77. The van der Waals surface area contributed by atoms with Crippen molar-refractivity contribution in [2.24, 2.45) is 11.1 Å². The number of hydrogen-bond acceptors (Lipinski definition) is 3. The lowest BCUT2D eigenvalue weighted by molar-refractivity contribution is -0.126. The van der Waals surface area contributed by atoms with Gasteiger partial charge in [-0.2, -0.15) is 0 Å². The Balaban J connectivity index is 2.75. The van der Waals surface area contributed by atoms with Crippen molar-refractivity contribution in [3.8, 4) is 0 Å². The van der Waals surface area contributed by atoms with Gasteiger partial charge >= 0.3 is 0 Å². The van der Waals surface area contributed by atoms with Crippen molar-refractivity contribution in [2.75, 3.05) is 6.54 Å². The number of hydrogen-bond donors (Lipinski definition) is 1. The molecule has 0 radical (unpaired) electrons. The van der Waals surface area contributed by atoms with Gasteiger partial charge in [0.2, 0.25) is 0 Å². The first kappa shape index (κ1) is 12.9. The fraction of sp³-hybridized carbons (Fsp3) is 0.545. The van der Waals surface area contributed by atoms with E-state index in [4.69, 9.17) is 5.73 Å². The molecule has 1 heterocycles. The second kappa shape index (κ2) is 5.23. The van der Waals surface area contributed by atoms with E-state index in [1.807, 2.05) is 25.3 Å². The lowest BCUT2D eigenvalue weighted by Crippen LogP contribution is -2.36. The highest BCUT2D eigenvalue weighted by atomic mass is 79.9. The third-order valence-corrected chi connectivity index (χ3v) is 4.84. The molecule has 0 bridgehead atoms. The van der Waals surface area contributed by atoms with Crippen LogP contribution in [0.15, 0.2) is 15.9 Å². The third-order valence-electron chi connectivity index (χ3n) is 2.92. The number of thiophene rings is 1. The van der Waals surface area contributed by atoms with E-state index in [-0.39, 0.29) is 11.2 Å². The molecule has 0 aliphatic rings. The average molecular weight is 290 g/mol. The summed E-state index contributed by atoms with van der Waals surface area (Å²) in [6.45, 7) is 4.37. The number of carbonyl (C=O) groups excluding carboxylic acids is 1. The molecule has 0 aliphatic heterocycles. The summed E-state index contributed by atoms with van der Waals surface area (Å²) in [4.78, 5) is 13.1. The SMILES string of the molecule is CCC(C)(CN)C(=O)Cc1sccc1Br. The summed E-state index contributed by atoms with van der Waals surface area (Å²) in [5.41, 5.74) is 5.28. The molecule has 0 aliphatic carbocycles. The Hall–Kier alpha value is -0.190. The van der Waals surface area contributed by atoms with Gasteiger partial charge in [0.15, 0.2) is 0 Å². The fourth-order valence-corrected chi connectivity index (χ4v) is 2.76. The predicted octanol–water partition coefficient (Wildman–Crippen LogP) is 3.00. The maximum atomic E-state index is 12.1. The minimum absolute atomic E-state index is 0.232. The van der Waals surface area contributed by atoms with Gasteiger partial charge in [0.1, 0.15) is 5.78 Å². The highest BCUT2D eigenvalue weighted by Crippen LogP contribution is 2.28. The zero-order valence-corrected chi connectivity index (χ0v) is 11.5. The van der Waals surface area contributed by atoms with Crippen LogP contribution < -0.4 is 5.73 Å². The van der Waals surface area contributed by atoms with E-state index >= 15 is 0 Å². The van der Waals surface area contributed by atoms with Gasteiger partial charge in [0.05, 0.1) is 0 Å². The smallest absolute Gasteiger partial charge is 0.145 e. The molecule has 1 aromatic rings. The zero-order valence-electron chi connectivity index (χ0n) is 9.05. The molecule has 0 fully saturated rings. The molecule has 0 spiro atoms. The monoisotopic (exact) mass is 289 g/mol. The highest BCUT2D eigenvalue weighted by Gasteiger charge is 2.29. The van der Waals surface area contributed by atoms with Gasteiger partial charge in [-0.25, -0.2) is 0 Å². The summed E-state index contributed by atoms with van der Waals surface area (Å²) in [6, 6.07) is 1.97. The molecule has 84 valence electrons. The second-order valence-electron chi connectivity index (χ2n) is 3.91. The fourth-order valence-electron chi connectivity index (χ4n) is 1.27. The molecule has 0 saturated carbocycles. The van der Waals surface area contributed by atoms with E-state index in [2.05, 4.69) is 15.9 Å². The Bertz CT molecular complexity index is 344. The molecule has 0 amide bonds. The number of Topliss-reactive ketones (excluding diaryl/α,β-unsaturated/α-hetero) is 1. The summed E-state index contributed by atoms with van der Waals surface area (Å²) in [5.74, 6) is 0.232. The number of nitrogens with two attached hydrogens (primary N) is 1. The van der Waals surface area contributed by atoms with E-state index in [1.165, 1.54) is 0 Å². The Kier molecular flexibility index (Phi) is 4.49. The quantitative estimate of drug-likeness (QED) is 0.906. The number of rotatable bonds is 5. The van der Waals surface area contributed by atoms with Crippen molar-refractivity contribution in [3.05, 3.63) is 20.8 Å². The first-order valence-corrected chi connectivity index (χ1v) is 6.66. The molecule has 1 atom stereocenters. The van der Waals surface area contributed by atoms with Gasteiger partial charge in [-0.1, -0.05) is 13.8 Å². The van der Waals surface area contributed by atoms with Crippen LogP contribution in [0.4, 0.5) is 0 Å². The van der Waals surface area contributed by atoms with Crippen LogP contribution >= 0.6 is 27.3 Å². The molecule has 1 rings (SSSR count). The van der Waals surface area contributed by atoms with Gasteiger partial charge in [-0.3, -0.25) is 4.79 Å². The van der Waals surface area contributed by atoms with E-state index < -0.39 is 0 Å². The normalized spacial score (nSPS) is 14.9.